The van der Waals surface area contributed by atoms with E-state index in [0.29, 0.717) is 5.41 Å². The van der Waals surface area contributed by atoms with Crippen LogP contribution >= 0.6 is 0 Å². The first-order chi connectivity index (χ1) is 5.01. The summed E-state index contributed by atoms with van der Waals surface area (Å²) < 4.78 is 0. The number of Topliss-reactive ketones (excluding diaryl/α,β-unsaturated/α-hetero) is 1. The standard InChI is InChI=1S/C10H17O/c1-8(11)9-4-6-10(2,3)7-5-9/h9H,1,4-7H2,2-3H3. The Hall–Kier alpha value is -0.330. The van der Waals surface area contributed by atoms with Crippen molar-refractivity contribution in [2.45, 2.75) is 39.5 Å². The van der Waals surface area contributed by atoms with Crippen LogP contribution in [0.25, 0.3) is 0 Å². The molecule has 0 heterocycles. The first-order valence-electron chi connectivity index (χ1n) is 4.37. The second-order valence-corrected chi connectivity index (χ2v) is 4.40. The second-order valence-electron chi connectivity index (χ2n) is 4.40. The van der Waals surface area contributed by atoms with Gasteiger partial charge in [0.15, 0.2) is 0 Å². The van der Waals surface area contributed by atoms with E-state index in [1.165, 1.54) is 12.8 Å². The molecule has 1 saturated carbocycles. The van der Waals surface area contributed by atoms with Gasteiger partial charge in [-0.2, -0.15) is 0 Å². The van der Waals surface area contributed by atoms with Crippen molar-refractivity contribution in [3.63, 3.8) is 0 Å². The van der Waals surface area contributed by atoms with Crippen LogP contribution in [0.4, 0.5) is 0 Å². The molecule has 11 heavy (non-hydrogen) atoms. The van der Waals surface area contributed by atoms with Gasteiger partial charge >= 0.3 is 0 Å². The van der Waals surface area contributed by atoms with Crippen molar-refractivity contribution in [1.29, 1.82) is 0 Å². The zero-order valence-corrected chi connectivity index (χ0v) is 7.52. The fourth-order valence-corrected chi connectivity index (χ4v) is 1.72. The van der Waals surface area contributed by atoms with Gasteiger partial charge in [0.05, 0.1) is 0 Å². The Kier molecular flexibility index (Phi) is 2.36. The summed E-state index contributed by atoms with van der Waals surface area (Å²) in [6, 6.07) is 0. The monoisotopic (exact) mass is 153 g/mol. The van der Waals surface area contributed by atoms with Gasteiger partial charge in [-0.25, -0.2) is 0 Å². The van der Waals surface area contributed by atoms with Crippen molar-refractivity contribution >= 4 is 5.78 Å². The molecule has 1 radical (unpaired) electrons. The Morgan fingerprint density at radius 1 is 1.36 bits per heavy atom. The SMILES string of the molecule is [CH2]C(=O)C1CCC(C)(C)CC1. The smallest absolute Gasteiger partial charge is 0.136 e. The molecule has 1 fully saturated rings. The Morgan fingerprint density at radius 2 is 1.82 bits per heavy atom. The molecule has 1 aliphatic carbocycles. The highest BCUT2D eigenvalue weighted by Gasteiger charge is 2.28. The number of hydrogen-bond acceptors (Lipinski definition) is 1. The lowest BCUT2D eigenvalue weighted by Crippen LogP contribution is -2.24. The molecule has 0 aromatic carbocycles. The number of hydrogen-bond donors (Lipinski definition) is 0. The summed E-state index contributed by atoms with van der Waals surface area (Å²) in [6.07, 6.45) is 4.46. The van der Waals surface area contributed by atoms with Crippen molar-refractivity contribution in [3.8, 4) is 0 Å². The van der Waals surface area contributed by atoms with Crippen molar-refractivity contribution in [2.24, 2.45) is 11.3 Å². The van der Waals surface area contributed by atoms with E-state index in [1.54, 1.807) is 0 Å². The zero-order valence-electron chi connectivity index (χ0n) is 7.52. The van der Waals surface area contributed by atoms with E-state index in [4.69, 9.17) is 0 Å². The van der Waals surface area contributed by atoms with E-state index in [2.05, 4.69) is 20.8 Å². The van der Waals surface area contributed by atoms with Gasteiger partial charge in [-0.05, 0) is 31.1 Å². The summed E-state index contributed by atoms with van der Waals surface area (Å²) in [5.41, 5.74) is 0.464. The van der Waals surface area contributed by atoms with Gasteiger partial charge in [-0.15, -0.1) is 0 Å². The molecule has 1 nitrogen and oxygen atoms in total. The molecule has 0 spiro atoms. The molecule has 1 heteroatoms. The summed E-state index contributed by atoms with van der Waals surface area (Å²) in [6.45, 7) is 8.02. The lowest BCUT2D eigenvalue weighted by atomic mass is 9.72. The highest BCUT2D eigenvalue weighted by Crippen LogP contribution is 2.37. The largest absolute Gasteiger partial charge is 0.299 e. The van der Waals surface area contributed by atoms with E-state index >= 15 is 0 Å². The van der Waals surface area contributed by atoms with Gasteiger partial charge in [0.25, 0.3) is 0 Å². The van der Waals surface area contributed by atoms with Gasteiger partial charge in [0.2, 0.25) is 0 Å². The van der Waals surface area contributed by atoms with Crippen LogP contribution in [-0.4, -0.2) is 5.78 Å². The maximum absolute atomic E-state index is 10.9. The summed E-state index contributed by atoms with van der Waals surface area (Å²) in [4.78, 5) is 10.9. The predicted octanol–water partition coefficient (Wildman–Crippen LogP) is 2.61. The Morgan fingerprint density at radius 3 is 2.18 bits per heavy atom. The highest BCUT2D eigenvalue weighted by atomic mass is 16.1. The Balaban J connectivity index is 2.42. The van der Waals surface area contributed by atoms with Gasteiger partial charge < -0.3 is 0 Å². The maximum Gasteiger partial charge on any atom is 0.136 e. The minimum atomic E-state index is 0.139. The van der Waals surface area contributed by atoms with Gasteiger partial charge in [0, 0.05) is 12.8 Å². The molecule has 0 amide bonds. The summed E-state index contributed by atoms with van der Waals surface area (Å²) >= 11 is 0. The van der Waals surface area contributed by atoms with Crippen LogP contribution in [0, 0.1) is 18.3 Å². The topological polar surface area (TPSA) is 17.1 Å². The summed E-state index contributed by atoms with van der Waals surface area (Å²) in [5, 5.41) is 0. The first kappa shape index (κ1) is 8.76. The summed E-state index contributed by atoms with van der Waals surface area (Å²) in [5.74, 6) is 0.406. The molecule has 0 aromatic rings. The fraction of sp³-hybridized carbons (Fsp3) is 0.800. The third kappa shape index (κ3) is 2.32. The Labute approximate surface area is 69.2 Å². The second kappa shape index (κ2) is 2.96. The quantitative estimate of drug-likeness (QED) is 0.566. The third-order valence-electron chi connectivity index (χ3n) is 2.79. The van der Waals surface area contributed by atoms with Crippen LogP contribution in [0.15, 0.2) is 0 Å². The molecule has 0 aromatic heterocycles. The van der Waals surface area contributed by atoms with Crippen molar-refractivity contribution in [3.05, 3.63) is 6.92 Å². The van der Waals surface area contributed by atoms with Gasteiger partial charge in [-0.1, -0.05) is 13.8 Å². The normalized spacial score (nSPS) is 25.0. The Bertz CT molecular complexity index is 148. The lowest BCUT2D eigenvalue weighted by Gasteiger charge is -2.33. The lowest BCUT2D eigenvalue weighted by molar-refractivity contribution is -0.119. The van der Waals surface area contributed by atoms with Crippen LogP contribution in [-0.2, 0) is 4.79 Å². The number of ketones is 1. The van der Waals surface area contributed by atoms with Crippen molar-refractivity contribution in [2.75, 3.05) is 0 Å². The van der Waals surface area contributed by atoms with E-state index in [9.17, 15) is 4.79 Å². The van der Waals surface area contributed by atoms with E-state index in [0.717, 1.165) is 12.8 Å². The predicted molar refractivity (Wildman–Crippen MR) is 46.1 cm³/mol. The summed E-state index contributed by atoms with van der Waals surface area (Å²) in [7, 11) is 0. The third-order valence-corrected chi connectivity index (χ3v) is 2.79. The molecule has 1 rings (SSSR count). The molecule has 0 atom stereocenters. The molecule has 0 unspecified atom stereocenters. The molecule has 63 valence electrons. The van der Waals surface area contributed by atoms with Crippen LogP contribution < -0.4 is 0 Å². The van der Waals surface area contributed by atoms with Crippen molar-refractivity contribution in [1.82, 2.24) is 0 Å². The highest BCUT2D eigenvalue weighted by molar-refractivity contribution is 5.84. The van der Waals surface area contributed by atoms with E-state index in [-0.39, 0.29) is 11.7 Å². The van der Waals surface area contributed by atoms with Crippen LogP contribution in [0.3, 0.4) is 0 Å². The van der Waals surface area contributed by atoms with Gasteiger partial charge in [-0.3, -0.25) is 4.79 Å². The minimum absolute atomic E-state index is 0.139. The number of rotatable bonds is 1. The van der Waals surface area contributed by atoms with Crippen LogP contribution in [0.1, 0.15) is 39.5 Å². The molecular formula is C10H17O. The molecular weight excluding hydrogens is 136 g/mol. The average Bonchev–Trinajstić information content (AvgIpc) is 1.86. The molecule has 1 aliphatic rings. The van der Waals surface area contributed by atoms with Crippen molar-refractivity contribution < 1.29 is 4.79 Å². The van der Waals surface area contributed by atoms with Gasteiger partial charge in [0.1, 0.15) is 5.78 Å². The first-order valence-corrected chi connectivity index (χ1v) is 4.37. The van der Waals surface area contributed by atoms with E-state index in [1.807, 2.05) is 0 Å². The van der Waals surface area contributed by atoms with Crippen LogP contribution in [0.2, 0.25) is 0 Å². The van der Waals surface area contributed by atoms with Crippen LogP contribution in [0.5, 0.6) is 0 Å². The number of carbonyl (C=O) groups excluding carboxylic acids is 1. The molecule has 0 saturated heterocycles. The molecule has 0 aliphatic heterocycles. The molecule has 0 N–H and O–H groups in total. The van der Waals surface area contributed by atoms with E-state index < -0.39 is 0 Å². The number of carbonyl (C=O) groups is 1. The minimum Gasteiger partial charge on any atom is -0.299 e. The molecule has 0 bridgehead atoms. The zero-order chi connectivity index (χ0) is 8.48. The maximum atomic E-state index is 10.9. The average molecular weight is 153 g/mol. The fourth-order valence-electron chi connectivity index (χ4n) is 1.72.